The van der Waals surface area contributed by atoms with Crippen molar-refractivity contribution >= 4 is 43.1 Å². The Hall–Kier alpha value is -4.20. The van der Waals surface area contributed by atoms with Crippen LogP contribution in [0.2, 0.25) is 0 Å². The summed E-state index contributed by atoms with van der Waals surface area (Å²) in [6.07, 6.45) is 0. The minimum Gasteiger partial charge on any atom is -0.493 e. The van der Waals surface area contributed by atoms with Crippen LogP contribution in [0.3, 0.4) is 0 Å². The molecule has 8 nitrogen and oxygen atoms in total. The van der Waals surface area contributed by atoms with E-state index in [4.69, 9.17) is 4.74 Å². The van der Waals surface area contributed by atoms with Crippen LogP contribution in [0.15, 0.2) is 64.3 Å². The third-order valence-electron chi connectivity index (χ3n) is 7.39. The lowest BCUT2D eigenvalue weighted by atomic mass is 9.99. The summed E-state index contributed by atoms with van der Waals surface area (Å²) in [5.41, 5.74) is 3.33. The number of likely N-dealkylation sites (tertiary alicyclic amines) is 1. The molecule has 5 aromatic rings. The van der Waals surface area contributed by atoms with Gasteiger partial charge in [0.25, 0.3) is 0 Å². The first kappa shape index (κ1) is 26.0. The van der Waals surface area contributed by atoms with Gasteiger partial charge in [0.15, 0.2) is 5.43 Å². The van der Waals surface area contributed by atoms with E-state index >= 15 is 0 Å². The number of H-pyrrole nitrogens is 1. The molecule has 0 radical (unpaired) electrons. The minimum atomic E-state index is -4.92. The molecule has 1 fully saturated rings. The lowest BCUT2D eigenvalue weighted by molar-refractivity contribution is 0.146. The van der Waals surface area contributed by atoms with Gasteiger partial charge in [0.05, 0.1) is 45.5 Å². The van der Waals surface area contributed by atoms with Crippen molar-refractivity contribution in [1.82, 2.24) is 14.5 Å². The molecule has 0 aliphatic carbocycles. The van der Waals surface area contributed by atoms with Crippen molar-refractivity contribution in [2.75, 3.05) is 26.7 Å². The Morgan fingerprint density at radius 3 is 2.58 bits per heavy atom. The Morgan fingerprint density at radius 1 is 1.12 bits per heavy atom. The lowest BCUT2D eigenvalue weighted by Crippen LogP contribution is -2.45. The number of aromatic nitrogens is 2. The summed E-state index contributed by atoms with van der Waals surface area (Å²) >= 11 is 0. The Balaban J connectivity index is 1.72. The van der Waals surface area contributed by atoms with Gasteiger partial charge >= 0.3 is 10.2 Å². The number of aromatic amines is 1. The molecular weight excluding hydrogens is 531 g/mol. The van der Waals surface area contributed by atoms with Crippen molar-refractivity contribution in [3.05, 3.63) is 70.4 Å². The maximum absolute atomic E-state index is 14.1. The number of nitrogens with zero attached hydrogens (tertiary/aromatic N) is 3. The fourth-order valence-electron chi connectivity index (χ4n) is 5.49. The highest BCUT2D eigenvalue weighted by Crippen LogP contribution is 2.39. The van der Waals surface area contributed by atoms with Crippen molar-refractivity contribution in [3.8, 4) is 22.9 Å². The summed E-state index contributed by atoms with van der Waals surface area (Å²) in [4.78, 5) is 19.2. The number of benzene rings is 3. The van der Waals surface area contributed by atoms with Crippen LogP contribution in [0.5, 0.6) is 5.75 Å². The second-order valence-corrected chi connectivity index (χ2v) is 12.2. The average molecular weight is 559 g/mol. The summed E-state index contributed by atoms with van der Waals surface area (Å²) in [5.74, 6) is 0.601. The SMILES string of the molecule is CC(C)COc1cc2c(=O)c3c4ccc(C#N)cc4[nH]c3n(C3CN(C)C3)c2cc1-c1cccc(S(=O)(=O)F)c1. The van der Waals surface area contributed by atoms with Gasteiger partial charge in [-0.3, -0.25) is 4.79 Å². The molecule has 0 unspecified atom stereocenters. The first-order valence-corrected chi connectivity index (χ1v) is 14.4. The number of hydrogen-bond acceptors (Lipinski definition) is 6. The molecule has 2 aromatic heterocycles. The van der Waals surface area contributed by atoms with Crippen molar-refractivity contribution in [2.24, 2.45) is 5.92 Å². The van der Waals surface area contributed by atoms with Crippen molar-refractivity contribution in [1.29, 1.82) is 5.26 Å². The van der Waals surface area contributed by atoms with Crippen LogP contribution in [0, 0.1) is 17.2 Å². The van der Waals surface area contributed by atoms with E-state index in [2.05, 4.69) is 20.5 Å². The smallest absolute Gasteiger partial charge is 0.332 e. The van der Waals surface area contributed by atoms with Gasteiger partial charge in [-0.25, -0.2) is 0 Å². The first-order valence-electron chi connectivity index (χ1n) is 13.0. The summed E-state index contributed by atoms with van der Waals surface area (Å²) in [7, 11) is -2.90. The summed E-state index contributed by atoms with van der Waals surface area (Å²) < 4.78 is 45.6. The van der Waals surface area contributed by atoms with Crippen LogP contribution >= 0.6 is 0 Å². The van der Waals surface area contributed by atoms with Crippen LogP contribution in [0.1, 0.15) is 25.5 Å². The van der Waals surface area contributed by atoms with Gasteiger partial charge in [0, 0.05) is 29.6 Å². The molecule has 10 heteroatoms. The maximum Gasteiger partial charge on any atom is 0.332 e. The molecule has 40 heavy (non-hydrogen) atoms. The molecule has 6 rings (SSSR count). The number of ether oxygens (including phenoxy) is 1. The number of halogens is 1. The molecule has 1 saturated heterocycles. The molecule has 204 valence electrons. The predicted octanol–water partition coefficient (Wildman–Crippen LogP) is 5.35. The number of hydrogen-bond donors (Lipinski definition) is 1. The molecule has 0 bridgehead atoms. The molecule has 1 aliphatic rings. The van der Waals surface area contributed by atoms with E-state index in [1.165, 1.54) is 18.2 Å². The molecular formula is C30H27FN4O4S. The van der Waals surface area contributed by atoms with E-state index in [1.807, 2.05) is 27.0 Å². The van der Waals surface area contributed by atoms with Gasteiger partial charge in [-0.2, -0.15) is 13.7 Å². The number of fused-ring (bicyclic) bond motifs is 4. The van der Waals surface area contributed by atoms with E-state index in [1.54, 1.807) is 30.3 Å². The zero-order valence-electron chi connectivity index (χ0n) is 22.2. The van der Waals surface area contributed by atoms with Crippen molar-refractivity contribution in [3.63, 3.8) is 0 Å². The van der Waals surface area contributed by atoms with Gasteiger partial charge in [-0.15, -0.1) is 3.89 Å². The molecule has 3 aromatic carbocycles. The Labute approximate surface area is 230 Å². The summed E-state index contributed by atoms with van der Waals surface area (Å²) in [5, 5.41) is 11.1. The maximum atomic E-state index is 14.1. The topological polar surface area (TPSA) is 108 Å². The summed E-state index contributed by atoms with van der Waals surface area (Å²) in [6, 6.07) is 16.7. The van der Waals surface area contributed by atoms with Crippen molar-refractivity contribution < 1.29 is 17.0 Å². The number of pyridine rings is 1. The molecule has 1 N–H and O–H groups in total. The molecule has 0 atom stereocenters. The van der Waals surface area contributed by atoms with Gasteiger partial charge < -0.3 is 19.2 Å². The Bertz CT molecular complexity index is 2030. The van der Waals surface area contributed by atoms with Crippen LogP contribution in [-0.4, -0.2) is 49.6 Å². The third-order valence-corrected chi connectivity index (χ3v) is 8.20. The molecule has 0 amide bonds. The Kier molecular flexibility index (Phi) is 6.16. The normalized spacial score (nSPS) is 14.7. The van der Waals surface area contributed by atoms with Crippen LogP contribution < -0.4 is 10.2 Å². The molecule has 3 heterocycles. The lowest BCUT2D eigenvalue weighted by Gasteiger charge is -2.39. The quantitative estimate of drug-likeness (QED) is 0.281. The number of nitrogens with one attached hydrogen (secondary N) is 1. The summed E-state index contributed by atoms with van der Waals surface area (Å²) in [6.45, 7) is 5.91. The van der Waals surface area contributed by atoms with Gasteiger partial charge in [0.2, 0.25) is 0 Å². The van der Waals surface area contributed by atoms with E-state index in [9.17, 15) is 22.4 Å². The van der Waals surface area contributed by atoms with E-state index in [0.29, 0.717) is 56.5 Å². The number of rotatable bonds is 6. The number of likely N-dealkylation sites (N-methyl/N-ethyl adjacent to an activating group) is 1. The predicted molar refractivity (Wildman–Crippen MR) is 153 cm³/mol. The highest BCUT2D eigenvalue weighted by atomic mass is 32.3. The number of nitriles is 1. The van der Waals surface area contributed by atoms with Crippen LogP contribution in [-0.2, 0) is 10.2 Å². The average Bonchev–Trinajstić information content (AvgIpc) is 3.28. The molecule has 0 spiro atoms. The highest BCUT2D eigenvalue weighted by molar-refractivity contribution is 7.86. The largest absolute Gasteiger partial charge is 0.493 e. The van der Waals surface area contributed by atoms with E-state index in [-0.39, 0.29) is 17.4 Å². The Morgan fingerprint density at radius 2 is 1.90 bits per heavy atom. The monoisotopic (exact) mass is 558 g/mol. The second kappa shape index (κ2) is 9.47. The van der Waals surface area contributed by atoms with E-state index in [0.717, 1.165) is 18.5 Å². The highest BCUT2D eigenvalue weighted by Gasteiger charge is 2.30. The van der Waals surface area contributed by atoms with Gasteiger partial charge in [0.1, 0.15) is 11.4 Å². The fourth-order valence-corrected chi connectivity index (χ4v) is 6.00. The van der Waals surface area contributed by atoms with Crippen LogP contribution in [0.25, 0.3) is 44.0 Å². The van der Waals surface area contributed by atoms with Crippen molar-refractivity contribution in [2.45, 2.75) is 24.8 Å². The third kappa shape index (κ3) is 4.31. The van der Waals surface area contributed by atoms with Gasteiger partial charge in [-0.1, -0.05) is 32.0 Å². The first-order chi connectivity index (χ1) is 19.0. The zero-order valence-corrected chi connectivity index (χ0v) is 23.0. The van der Waals surface area contributed by atoms with E-state index < -0.39 is 15.1 Å². The molecule has 0 saturated carbocycles. The van der Waals surface area contributed by atoms with Crippen LogP contribution in [0.4, 0.5) is 3.89 Å². The minimum absolute atomic E-state index is 0.0620. The molecule has 1 aliphatic heterocycles. The second-order valence-electron chi connectivity index (χ2n) is 10.8. The van der Waals surface area contributed by atoms with Gasteiger partial charge in [-0.05, 0) is 54.9 Å². The fraction of sp³-hybridized carbons (Fsp3) is 0.267. The standard InChI is InChI=1S/C30H27FN4O4S/c1-17(2)16-39-27-12-24-26(11-23(27)19-5-4-6-21(10-19)40(31,37)38)35(20-14-34(3)15-20)30-28(29(24)36)22-8-7-18(13-32)9-25(22)33-30/h4-12,17,20,33H,14-16H2,1-3H3. The zero-order chi connectivity index (χ0) is 28.3.